The maximum Gasteiger partial charge on any atom is 0.341 e. The molecule has 0 radical (unpaired) electrons. The van der Waals surface area contributed by atoms with Crippen LogP contribution in [0.2, 0.25) is 11.6 Å². The molecule has 18 heavy (non-hydrogen) atoms. The zero-order chi connectivity index (χ0) is 13.4. The second-order valence-corrected chi connectivity index (χ2v) is 9.21. The Labute approximate surface area is 119 Å². The van der Waals surface area contributed by atoms with Gasteiger partial charge in [-0.2, -0.15) is 0 Å². The van der Waals surface area contributed by atoms with Crippen molar-refractivity contribution in [2.24, 2.45) is 5.92 Å². The Bertz CT molecular complexity index is 214. The van der Waals surface area contributed by atoms with Gasteiger partial charge in [0.1, 0.15) is 0 Å². The van der Waals surface area contributed by atoms with Gasteiger partial charge in [-0.1, -0.05) is 26.2 Å². The normalized spacial score (nSPS) is 20.0. The lowest BCUT2D eigenvalue weighted by atomic mass is 10.0. The van der Waals surface area contributed by atoms with Gasteiger partial charge in [-0.15, -0.1) is 11.6 Å². The fourth-order valence-corrected chi connectivity index (χ4v) is 7.93. The van der Waals surface area contributed by atoms with Gasteiger partial charge < -0.3 is 8.85 Å². The summed E-state index contributed by atoms with van der Waals surface area (Å²) in [6.45, 7) is 7.95. The molecule has 1 rings (SSSR count). The Kier molecular flexibility index (Phi) is 7.85. The molecule has 4 heteroatoms. The molecular formula is C14H29ClO2Si. The van der Waals surface area contributed by atoms with Crippen molar-refractivity contribution in [2.45, 2.75) is 64.5 Å². The molecule has 0 aliphatic heterocycles. The van der Waals surface area contributed by atoms with E-state index in [4.69, 9.17) is 20.5 Å². The van der Waals surface area contributed by atoms with Crippen LogP contribution >= 0.6 is 11.6 Å². The molecule has 0 heterocycles. The predicted octanol–water partition coefficient (Wildman–Crippen LogP) is 4.71. The van der Waals surface area contributed by atoms with E-state index in [1.54, 1.807) is 0 Å². The summed E-state index contributed by atoms with van der Waals surface area (Å²) < 4.78 is 12.5. The highest BCUT2D eigenvalue weighted by Gasteiger charge is 2.46. The van der Waals surface area contributed by atoms with Crippen LogP contribution in [-0.2, 0) is 8.85 Å². The Balaban J connectivity index is 2.79. The second kappa shape index (κ2) is 8.57. The van der Waals surface area contributed by atoms with Gasteiger partial charge in [0.05, 0.1) is 0 Å². The van der Waals surface area contributed by atoms with Crippen molar-refractivity contribution in [3.63, 3.8) is 0 Å². The van der Waals surface area contributed by atoms with Crippen LogP contribution in [0.4, 0.5) is 0 Å². The minimum atomic E-state index is -2.06. The smallest absolute Gasteiger partial charge is 0.341 e. The second-order valence-electron chi connectivity index (χ2n) is 5.48. The van der Waals surface area contributed by atoms with Gasteiger partial charge in [-0.05, 0) is 38.7 Å². The van der Waals surface area contributed by atoms with Gasteiger partial charge in [-0.25, -0.2) is 0 Å². The quantitative estimate of drug-likeness (QED) is 0.476. The van der Waals surface area contributed by atoms with E-state index in [1.807, 2.05) is 0 Å². The first-order chi connectivity index (χ1) is 8.68. The minimum absolute atomic E-state index is 0.498. The summed E-state index contributed by atoms with van der Waals surface area (Å²) in [5.74, 6) is 1.21. The Morgan fingerprint density at radius 3 is 2.11 bits per heavy atom. The molecule has 2 nitrogen and oxygen atoms in total. The van der Waals surface area contributed by atoms with Crippen LogP contribution < -0.4 is 0 Å². The summed E-state index contributed by atoms with van der Waals surface area (Å²) in [6, 6.07) is 1.06. The highest BCUT2D eigenvalue weighted by atomic mass is 35.5. The van der Waals surface area contributed by atoms with E-state index < -0.39 is 8.56 Å². The van der Waals surface area contributed by atoms with Gasteiger partial charge in [0.25, 0.3) is 0 Å². The molecule has 0 saturated heterocycles. The van der Waals surface area contributed by atoms with E-state index in [0.717, 1.165) is 19.3 Å². The summed E-state index contributed by atoms with van der Waals surface area (Å²) in [6.07, 6.45) is 6.65. The average Bonchev–Trinajstić information content (AvgIpc) is 2.40. The third-order valence-electron chi connectivity index (χ3n) is 3.90. The highest BCUT2D eigenvalue weighted by Crippen LogP contribution is 2.41. The molecular weight excluding hydrogens is 264 g/mol. The molecule has 1 atom stereocenters. The molecule has 0 aromatic carbocycles. The van der Waals surface area contributed by atoms with Gasteiger partial charge in [-0.3, -0.25) is 0 Å². The van der Waals surface area contributed by atoms with Crippen molar-refractivity contribution >= 4 is 20.2 Å². The van der Waals surface area contributed by atoms with Crippen LogP contribution in [0.1, 0.15) is 52.9 Å². The van der Waals surface area contributed by atoms with E-state index in [2.05, 4.69) is 20.8 Å². The van der Waals surface area contributed by atoms with Crippen LogP contribution in [0.3, 0.4) is 0 Å². The lowest BCUT2D eigenvalue weighted by Gasteiger charge is -2.40. The maximum atomic E-state index is 6.24. The molecule has 1 aliphatic carbocycles. The van der Waals surface area contributed by atoms with E-state index >= 15 is 0 Å². The summed E-state index contributed by atoms with van der Waals surface area (Å²) in [5, 5.41) is 0. The van der Waals surface area contributed by atoms with E-state index in [-0.39, 0.29) is 0 Å². The summed E-state index contributed by atoms with van der Waals surface area (Å²) in [5.41, 5.74) is 0.678. The van der Waals surface area contributed by atoms with E-state index in [0.29, 0.717) is 17.3 Å². The first-order valence-electron chi connectivity index (χ1n) is 7.52. The highest BCUT2D eigenvalue weighted by molar-refractivity contribution is 6.69. The third-order valence-corrected chi connectivity index (χ3v) is 9.07. The van der Waals surface area contributed by atoms with Crippen LogP contribution in [0.15, 0.2) is 0 Å². The van der Waals surface area contributed by atoms with Crippen LogP contribution in [-0.4, -0.2) is 27.7 Å². The monoisotopic (exact) mass is 292 g/mol. The van der Waals surface area contributed by atoms with Crippen molar-refractivity contribution < 1.29 is 8.85 Å². The number of halogens is 1. The fourth-order valence-electron chi connectivity index (χ4n) is 3.13. The van der Waals surface area contributed by atoms with Crippen LogP contribution in [0, 0.1) is 5.92 Å². The molecule has 1 unspecified atom stereocenters. The number of hydrogen-bond donors (Lipinski definition) is 0. The molecule has 1 fully saturated rings. The van der Waals surface area contributed by atoms with Crippen molar-refractivity contribution in [3.8, 4) is 0 Å². The zero-order valence-corrected chi connectivity index (χ0v) is 14.0. The summed E-state index contributed by atoms with van der Waals surface area (Å²) in [4.78, 5) is 0. The third kappa shape index (κ3) is 4.51. The van der Waals surface area contributed by atoms with Gasteiger partial charge in [0.15, 0.2) is 0 Å². The maximum absolute atomic E-state index is 6.24. The van der Waals surface area contributed by atoms with Crippen molar-refractivity contribution in [2.75, 3.05) is 19.1 Å². The summed E-state index contributed by atoms with van der Waals surface area (Å²) >= 11 is 6.01. The number of rotatable bonds is 8. The van der Waals surface area contributed by atoms with Gasteiger partial charge >= 0.3 is 8.56 Å². The van der Waals surface area contributed by atoms with Gasteiger partial charge in [0.2, 0.25) is 0 Å². The topological polar surface area (TPSA) is 18.5 Å². The van der Waals surface area contributed by atoms with Crippen molar-refractivity contribution in [1.29, 1.82) is 0 Å². The van der Waals surface area contributed by atoms with Crippen molar-refractivity contribution in [1.82, 2.24) is 0 Å². The largest absolute Gasteiger partial charge is 0.394 e. The predicted molar refractivity (Wildman–Crippen MR) is 80.5 cm³/mol. The fraction of sp³-hybridized carbons (Fsp3) is 1.00. The molecule has 1 aliphatic rings. The lowest BCUT2D eigenvalue weighted by Crippen LogP contribution is -2.49. The van der Waals surface area contributed by atoms with Crippen LogP contribution in [0.25, 0.3) is 0 Å². The van der Waals surface area contributed by atoms with Crippen molar-refractivity contribution in [3.05, 3.63) is 0 Å². The van der Waals surface area contributed by atoms with Crippen LogP contribution in [0.5, 0.6) is 0 Å². The SMILES string of the molecule is CCO[Si](CC(C)CCl)(OCC)C1CCCCC1. The molecule has 0 amide bonds. The Morgan fingerprint density at radius 2 is 1.67 bits per heavy atom. The number of hydrogen-bond acceptors (Lipinski definition) is 2. The Morgan fingerprint density at radius 1 is 1.11 bits per heavy atom. The average molecular weight is 293 g/mol. The summed E-state index contributed by atoms with van der Waals surface area (Å²) in [7, 11) is -2.06. The zero-order valence-electron chi connectivity index (χ0n) is 12.2. The molecule has 0 aromatic heterocycles. The Hall–Kier alpha value is 0.427. The van der Waals surface area contributed by atoms with E-state index in [9.17, 15) is 0 Å². The molecule has 0 spiro atoms. The standard InChI is InChI=1S/C14H29ClO2Si/c1-4-16-18(17-5-2,12-13(3)11-15)14-9-7-6-8-10-14/h13-14H,4-12H2,1-3H3. The molecule has 0 N–H and O–H groups in total. The lowest BCUT2D eigenvalue weighted by molar-refractivity contribution is 0.160. The first-order valence-corrected chi connectivity index (χ1v) is 10.2. The van der Waals surface area contributed by atoms with E-state index in [1.165, 1.54) is 32.1 Å². The minimum Gasteiger partial charge on any atom is -0.394 e. The first kappa shape index (κ1) is 16.5. The number of alkyl halides is 1. The molecule has 0 bridgehead atoms. The molecule has 0 aromatic rings. The molecule has 1 saturated carbocycles. The van der Waals surface area contributed by atoms with Gasteiger partial charge in [0, 0.05) is 24.6 Å². The molecule has 108 valence electrons.